The zero-order chi connectivity index (χ0) is 17.6. The van der Waals surface area contributed by atoms with Gasteiger partial charge in [-0.1, -0.05) is 12.2 Å². The Labute approximate surface area is 160 Å². The van der Waals surface area contributed by atoms with Crippen LogP contribution in [0, 0.1) is 80.8 Å². The third-order valence-corrected chi connectivity index (χ3v) is 14.6. The van der Waals surface area contributed by atoms with Gasteiger partial charge in [-0.15, -0.1) is 0 Å². The molecule has 0 amide bonds. The molecule has 16 atom stereocenters. The summed E-state index contributed by atoms with van der Waals surface area (Å²) < 4.78 is 5.59. The largest absolute Gasteiger partial charge is 0.347 e. The van der Waals surface area contributed by atoms with Crippen molar-refractivity contribution in [2.45, 2.75) is 24.9 Å². The monoisotopic (exact) mass is 371 g/mol. The van der Waals surface area contributed by atoms with Crippen LogP contribution in [0.3, 0.4) is 0 Å². The Morgan fingerprint density at radius 2 is 1.14 bits per heavy atom. The van der Waals surface area contributed by atoms with Crippen molar-refractivity contribution >= 4 is 0 Å². The van der Waals surface area contributed by atoms with E-state index in [1.807, 2.05) is 0 Å². The summed E-state index contributed by atoms with van der Waals surface area (Å²) >= 11 is 0. The van der Waals surface area contributed by atoms with Gasteiger partial charge in [-0.2, -0.15) is 0 Å². The van der Waals surface area contributed by atoms with Crippen molar-refractivity contribution in [1.29, 1.82) is 0 Å². The topological polar surface area (TPSA) is 48.9 Å². The van der Waals surface area contributed by atoms with Crippen LogP contribution in [0.25, 0.3) is 0 Å². The normalized spacial score (nSPS) is 80.0. The van der Waals surface area contributed by atoms with Crippen LogP contribution in [0.1, 0.15) is 24.9 Å². The Hall–Kier alpha value is -1.52. The van der Waals surface area contributed by atoms with Gasteiger partial charge in [0.1, 0.15) is 0 Å². The van der Waals surface area contributed by atoms with Crippen LogP contribution in [0.5, 0.6) is 0 Å². The first-order valence-electron chi connectivity index (χ1n) is 11.7. The van der Waals surface area contributed by atoms with Crippen LogP contribution in [0.4, 0.5) is 0 Å². The summed E-state index contributed by atoms with van der Waals surface area (Å²) in [6.07, 6.45) is 8.28. The second-order valence-corrected chi connectivity index (χ2v) is 12.8. The molecule has 13 aliphatic rings. The van der Waals surface area contributed by atoms with Crippen molar-refractivity contribution in [3.05, 3.63) is 33.1 Å². The molecule has 9 saturated carbocycles. The quantitative estimate of drug-likeness (QED) is 0.640. The Morgan fingerprint density at radius 1 is 0.714 bits per heavy atom. The summed E-state index contributed by atoms with van der Waals surface area (Å²) in [4.78, 5) is 26.7. The molecule has 28 heavy (non-hydrogen) atoms. The molecule has 1 aromatic rings. The predicted molar refractivity (Wildman–Crippen MR) is 95.0 cm³/mol. The summed E-state index contributed by atoms with van der Waals surface area (Å²) in [7, 11) is 1.72. The molecule has 9 fully saturated rings. The predicted octanol–water partition coefficient (Wildman–Crippen LogP) is 1.02. The van der Waals surface area contributed by atoms with E-state index in [4.69, 9.17) is 0 Å². The molecule has 0 saturated heterocycles. The van der Waals surface area contributed by atoms with Gasteiger partial charge in [-0.25, -0.2) is 23.5 Å². The fraction of sp³-hybridized carbons (Fsp3) is 0.826. The first-order valence-corrected chi connectivity index (χ1v) is 11.7. The minimum absolute atomic E-state index is 0.00848. The number of hydrogen-bond donors (Lipinski definition) is 0. The highest BCUT2D eigenvalue weighted by atomic mass is 16.2. The van der Waals surface area contributed by atoms with Crippen LogP contribution < -0.4 is 11.4 Å². The van der Waals surface area contributed by atoms with Crippen molar-refractivity contribution < 1.29 is 0 Å². The molecule has 5 heteroatoms. The lowest BCUT2D eigenvalue weighted by Gasteiger charge is -2.80. The van der Waals surface area contributed by atoms with Crippen molar-refractivity contribution in [2.75, 3.05) is 0 Å². The van der Waals surface area contributed by atoms with E-state index in [0.717, 1.165) is 47.3 Å². The number of hydrogen-bond acceptors (Lipinski definition) is 2. The second kappa shape index (κ2) is 2.54. The van der Waals surface area contributed by atoms with Crippen molar-refractivity contribution in [3.8, 4) is 0 Å². The highest BCUT2D eigenvalue weighted by Crippen LogP contribution is 3.20. The van der Waals surface area contributed by atoms with Gasteiger partial charge in [-0.05, 0) is 82.9 Å². The van der Waals surface area contributed by atoms with E-state index < -0.39 is 0 Å². The number of nitrogens with zero attached hydrogens (tertiary/aromatic N) is 3. The average molecular weight is 371 g/mol. The summed E-state index contributed by atoms with van der Waals surface area (Å²) in [6.45, 7) is 0. The van der Waals surface area contributed by atoms with E-state index in [0.29, 0.717) is 45.6 Å². The van der Waals surface area contributed by atoms with Gasteiger partial charge in [0.2, 0.25) is 0 Å². The smallest absolute Gasteiger partial charge is 0.246 e. The van der Waals surface area contributed by atoms with Crippen molar-refractivity contribution in [1.82, 2.24) is 13.9 Å². The van der Waals surface area contributed by atoms with Crippen LogP contribution in [0.15, 0.2) is 21.7 Å². The summed E-state index contributed by atoms with van der Waals surface area (Å²) in [5.41, 5.74) is 1.86. The molecule has 11 aliphatic carbocycles. The van der Waals surface area contributed by atoms with Crippen LogP contribution >= 0.6 is 0 Å². The van der Waals surface area contributed by atoms with Gasteiger partial charge < -0.3 is 0 Å². The summed E-state index contributed by atoms with van der Waals surface area (Å²) in [5, 5.41) is 0. The Bertz CT molecular complexity index is 1270. The molecule has 0 aromatic carbocycles. The van der Waals surface area contributed by atoms with Gasteiger partial charge in [0.25, 0.3) is 0 Å². The Balaban J connectivity index is 1.44. The molecule has 4 spiro atoms. The number of aromatic nitrogens is 3. The maximum Gasteiger partial charge on any atom is 0.347 e. The maximum absolute atomic E-state index is 13.4. The first kappa shape index (κ1) is 12.2. The van der Waals surface area contributed by atoms with Gasteiger partial charge in [-0.3, -0.25) is 0 Å². The van der Waals surface area contributed by atoms with Gasteiger partial charge in [0, 0.05) is 17.9 Å². The van der Waals surface area contributed by atoms with Crippen molar-refractivity contribution in [3.63, 3.8) is 0 Å². The lowest BCUT2D eigenvalue weighted by atomic mass is 9.23. The minimum Gasteiger partial charge on any atom is -0.246 e. The molecule has 2 aliphatic heterocycles. The van der Waals surface area contributed by atoms with Gasteiger partial charge >= 0.3 is 11.4 Å². The fourth-order valence-corrected chi connectivity index (χ4v) is 16.6. The summed E-state index contributed by atoms with van der Waals surface area (Å²) in [5.74, 6) is 8.45. The minimum atomic E-state index is -0.00848. The standard InChI is InChI=1S/C23H21N3O2/c1-24-18(27)25-16-14-6-2-3-7-15(14)17(26(25)19(24)28)23-11-5-9-12-8-4-10(13(11)12)22(16,23)20(6,8)21(7,9)23/h2-3,6-17H,4-5H2,1H3/t6-,7+,8-,9+,10-,11-,12?,13?,14-,15-,16+,17-,20-,21-,22+,23-/m1/s1. The lowest BCUT2D eigenvalue weighted by molar-refractivity contribution is -0.348. The molecular weight excluding hydrogens is 350 g/mol. The third kappa shape index (κ3) is 0.505. The first-order chi connectivity index (χ1) is 13.7. The molecule has 14 rings (SSSR count). The van der Waals surface area contributed by atoms with E-state index in [-0.39, 0.29) is 11.4 Å². The zero-order valence-corrected chi connectivity index (χ0v) is 15.7. The van der Waals surface area contributed by atoms with E-state index >= 15 is 0 Å². The van der Waals surface area contributed by atoms with Gasteiger partial charge in [0.05, 0.1) is 12.1 Å². The summed E-state index contributed by atoms with van der Waals surface area (Å²) in [6, 6.07) is 0.689. The van der Waals surface area contributed by atoms with Crippen LogP contribution in [-0.2, 0) is 7.05 Å². The molecule has 3 heterocycles. The van der Waals surface area contributed by atoms with E-state index in [1.165, 1.54) is 17.4 Å². The molecule has 0 N–H and O–H groups in total. The molecule has 8 bridgehead atoms. The average Bonchev–Trinajstić information content (AvgIpc) is 3.44. The molecule has 140 valence electrons. The van der Waals surface area contributed by atoms with Crippen LogP contribution in [0.2, 0.25) is 0 Å². The van der Waals surface area contributed by atoms with Crippen LogP contribution in [-0.4, -0.2) is 13.9 Å². The van der Waals surface area contributed by atoms with Crippen molar-refractivity contribution in [2.24, 2.45) is 87.9 Å². The fourth-order valence-electron chi connectivity index (χ4n) is 16.6. The second-order valence-electron chi connectivity index (χ2n) is 12.8. The highest BCUT2D eigenvalue weighted by Gasteiger charge is 3.18. The lowest BCUT2D eigenvalue weighted by Crippen LogP contribution is -2.80. The molecule has 2 unspecified atom stereocenters. The Kier molecular flexibility index (Phi) is 1.11. The highest BCUT2D eigenvalue weighted by molar-refractivity contribution is 5.66. The van der Waals surface area contributed by atoms with E-state index in [9.17, 15) is 9.59 Å². The molecule has 0 radical (unpaired) electrons. The Morgan fingerprint density at radius 3 is 1.61 bits per heavy atom. The molecule has 5 nitrogen and oxygen atoms in total. The SMILES string of the molecule is Cn1c(=O)n2n(c1=O)[C@@H]1[C@H]3[C@H]4[C@H]5C=C[C@@H]3[C@@]36[C@H]7C[C@@H]8C9C7[C@H]7C[C@H]9[C@]([C@H]42)([C@@]753)[C@]816. The zero-order valence-electron chi connectivity index (χ0n) is 15.7. The van der Waals surface area contributed by atoms with E-state index in [2.05, 4.69) is 21.5 Å². The van der Waals surface area contributed by atoms with Gasteiger partial charge in [0.15, 0.2) is 0 Å². The number of allylic oxidation sites excluding steroid dienone is 2. The molecular formula is C23H21N3O2. The maximum atomic E-state index is 13.4. The van der Waals surface area contributed by atoms with E-state index in [1.54, 1.807) is 7.05 Å². The molecule has 1 aromatic heterocycles. The number of rotatable bonds is 0. The third-order valence-electron chi connectivity index (χ3n) is 14.6.